The highest BCUT2D eigenvalue weighted by molar-refractivity contribution is 8.17. The maximum Gasteiger partial charge on any atom is 0.127 e. The van der Waals surface area contributed by atoms with Crippen molar-refractivity contribution >= 4 is 29.2 Å². The van der Waals surface area contributed by atoms with Crippen LogP contribution in [0.2, 0.25) is 0 Å². The summed E-state index contributed by atoms with van der Waals surface area (Å²) >= 11 is 4.05. The van der Waals surface area contributed by atoms with Crippen LogP contribution < -0.4 is 4.90 Å². The fraction of sp³-hybridized carbons (Fsp3) is 0.333. The summed E-state index contributed by atoms with van der Waals surface area (Å²) in [6.45, 7) is 1.22. The second-order valence-electron chi connectivity index (χ2n) is 2.96. The van der Waals surface area contributed by atoms with E-state index < -0.39 is 0 Å². The summed E-state index contributed by atoms with van der Waals surface area (Å²) in [4.78, 5) is 3.96. The van der Waals surface area contributed by atoms with Gasteiger partial charge < -0.3 is 4.90 Å². The van der Waals surface area contributed by atoms with Gasteiger partial charge in [-0.05, 0) is 12.1 Å². The molecule has 3 heteroatoms. The first-order chi connectivity index (χ1) is 5.95. The van der Waals surface area contributed by atoms with Gasteiger partial charge in [-0.2, -0.15) is 0 Å². The predicted octanol–water partition coefficient (Wildman–Crippen LogP) is 2.63. The highest BCUT2D eigenvalue weighted by atomic mass is 32.2. The van der Waals surface area contributed by atoms with E-state index in [0.717, 1.165) is 0 Å². The van der Waals surface area contributed by atoms with E-state index in [0.29, 0.717) is 4.71 Å². The number of nitrogens with zero attached hydrogens (tertiary/aromatic N) is 1. The molecule has 12 heavy (non-hydrogen) atoms. The van der Waals surface area contributed by atoms with E-state index in [1.807, 2.05) is 11.8 Å². The Kier molecular flexibility index (Phi) is 1.55. The fourth-order valence-electron chi connectivity index (χ4n) is 1.68. The Labute approximate surface area is 80.5 Å². The summed E-state index contributed by atoms with van der Waals surface area (Å²) in [5, 5.41) is 0. The normalized spacial score (nSPS) is 25.7. The highest BCUT2D eigenvalue weighted by Crippen LogP contribution is 2.50. The lowest BCUT2D eigenvalue weighted by Gasteiger charge is -2.15. The standard InChI is InChI=1S/C9H9NS2/c1-2-4-8-7(3-1)10-5-6-11-9(10)12-8/h1-4,9H,5-6H2. The largest absolute Gasteiger partial charge is 0.349 e. The molecule has 0 spiro atoms. The van der Waals surface area contributed by atoms with Crippen molar-refractivity contribution in [1.29, 1.82) is 0 Å². The van der Waals surface area contributed by atoms with E-state index in [4.69, 9.17) is 0 Å². The van der Waals surface area contributed by atoms with Gasteiger partial charge in [-0.25, -0.2) is 0 Å². The summed E-state index contributed by atoms with van der Waals surface area (Å²) in [6.07, 6.45) is 0. The van der Waals surface area contributed by atoms with Crippen molar-refractivity contribution in [3.8, 4) is 0 Å². The number of para-hydroxylation sites is 1. The van der Waals surface area contributed by atoms with Gasteiger partial charge in [0.1, 0.15) is 4.71 Å². The number of hydrogen-bond acceptors (Lipinski definition) is 3. The van der Waals surface area contributed by atoms with Gasteiger partial charge in [0.15, 0.2) is 0 Å². The van der Waals surface area contributed by atoms with Crippen molar-refractivity contribution in [2.24, 2.45) is 0 Å². The molecule has 1 aromatic carbocycles. The van der Waals surface area contributed by atoms with E-state index in [-0.39, 0.29) is 0 Å². The van der Waals surface area contributed by atoms with Crippen LogP contribution in [-0.2, 0) is 0 Å². The average Bonchev–Trinajstić information content (AvgIpc) is 2.62. The second-order valence-corrected chi connectivity index (χ2v) is 5.57. The van der Waals surface area contributed by atoms with Gasteiger partial charge in [0.05, 0.1) is 5.69 Å². The lowest BCUT2D eigenvalue weighted by atomic mass is 10.3. The van der Waals surface area contributed by atoms with Gasteiger partial charge in [-0.15, -0.1) is 11.8 Å². The van der Waals surface area contributed by atoms with Crippen LogP contribution in [0.4, 0.5) is 5.69 Å². The molecule has 1 aromatic rings. The van der Waals surface area contributed by atoms with Gasteiger partial charge in [0.25, 0.3) is 0 Å². The molecule has 0 amide bonds. The number of fused-ring (bicyclic) bond motifs is 3. The minimum absolute atomic E-state index is 0.669. The van der Waals surface area contributed by atoms with Crippen LogP contribution in [-0.4, -0.2) is 17.0 Å². The van der Waals surface area contributed by atoms with Gasteiger partial charge >= 0.3 is 0 Å². The molecule has 2 aliphatic heterocycles. The van der Waals surface area contributed by atoms with E-state index >= 15 is 0 Å². The minimum atomic E-state index is 0.669. The molecule has 0 saturated carbocycles. The molecule has 0 aromatic heterocycles. The molecule has 2 aliphatic rings. The van der Waals surface area contributed by atoms with E-state index in [1.54, 1.807) is 0 Å². The van der Waals surface area contributed by atoms with Crippen LogP contribution in [0.25, 0.3) is 0 Å². The molecule has 0 aliphatic carbocycles. The van der Waals surface area contributed by atoms with Crippen LogP contribution >= 0.6 is 23.5 Å². The molecule has 1 atom stereocenters. The Morgan fingerprint density at radius 2 is 2.25 bits per heavy atom. The molecule has 0 bridgehead atoms. The number of benzene rings is 1. The monoisotopic (exact) mass is 195 g/mol. The molecule has 0 N–H and O–H groups in total. The smallest absolute Gasteiger partial charge is 0.127 e. The summed E-state index contributed by atoms with van der Waals surface area (Å²) in [5.41, 5.74) is 1.44. The summed E-state index contributed by atoms with van der Waals surface area (Å²) in [6, 6.07) is 8.70. The molecular formula is C9H9NS2. The first kappa shape index (κ1) is 7.15. The third-order valence-electron chi connectivity index (χ3n) is 2.25. The lowest BCUT2D eigenvalue weighted by Crippen LogP contribution is -2.20. The van der Waals surface area contributed by atoms with Crippen LogP contribution in [0.1, 0.15) is 0 Å². The average molecular weight is 195 g/mol. The number of rotatable bonds is 0. The van der Waals surface area contributed by atoms with Crippen molar-refractivity contribution in [2.75, 3.05) is 17.2 Å². The Morgan fingerprint density at radius 1 is 1.33 bits per heavy atom. The van der Waals surface area contributed by atoms with Gasteiger partial charge in [0, 0.05) is 17.2 Å². The Balaban J connectivity index is 2.09. The van der Waals surface area contributed by atoms with Gasteiger partial charge in [0.2, 0.25) is 0 Å². The summed E-state index contributed by atoms with van der Waals surface area (Å²) in [5.74, 6) is 1.28. The molecule has 1 unspecified atom stereocenters. The SMILES string of the molecule is c1ccc2c(c1)SC1SCCN21. The molecule has 1 saturated heterocycles. The number of hydrogen-bond donors (Lipinski definition) is 0. The first-order valence-electron chi connectivity index (χ1n) is 4.09. The van der Waals surface area contributed by atoms with Crippen molar-refractivity contribution in [1.82, 2.24) is 0 Å². The van der Waals surface area contributed by atoms with Crippen molar-refractivity contribution < 1.29 is 0 Å². The zero-order chi connectivity index (χ0) is 7.97. The third-order valence-corrected chi connectivity index (χ3v) is 4.96. The zero-order valence-corrected chi connectivity index (χ0v) is 8.20. The molecule has 1 nitrogen and oxygen atoms in total. The van der Waals surface area contributed by atoms with Gasteiger partial charge in [-0.3, -0.25) is 0 Å². The van der Waals surface area contributed by atoms with Crippen molar-refractivity contribution in [3.05, 3.63) is 24.3 Å². The summed E-state index contributed by atoms with van der Waals surface area (Å²) in [7, 11) is 0. The maximum atomic E-state index is 2.50. The fourth-order valence-corrected chi connectivity index (χ4v) is 4.48. The van der Waals surface area contributed by atoms with Crippen molar-refractivity contribution in [2.45, 2.75) is 9.60 Å². The Hall–Kier alpha value is -0.280. The van der Waals surface area contributed by atoms with E-state index in [9.17, 15) is 0 Å². The Bertz CT molecular complexity index is 313. The second kappa shape index (κ2) is 2.60. The molecule has 0 radical (unpaired) electrons. The van der Waals surface area contributed by atoms with Crippen LogP contribution in [0.5, 0.6) is 0 Å². The maximum absolute atomic E-state index is 2.50. The van der Waals surface area contributed by atoms with E-state index in [1.165, 1.54) is 22.9 Å². The topological polar surface area (TPSA) is 3.24 Å². The molecular weight excluding hydrogens is 186 g/mol. The molecule has 2 heterocycles. The number of thioether (sulfide) groups is 2. The minimum Gasteiger partial charge on any atom is -0.349 e. The quantitative estimate of drug-likeness (QED) is 0.626. The lowest BCUT2D eigenvalue weighted by molar-refractivity contribution is 0.971. The molecule has 3 rings (SSSR count). The van der Waals surface area contributed by atoms with Crippen LogP contribution in [0.3, 0.4) is 0 Å². The molecule has 62 valence electrons. The highest BCUT2D eigenvalue weighted by Gasteiger charge is 2.33. The van der Waals surface area contributed by atoms with Crippen LogP contribution in [0.15, 0.2) is 29.2 Å². The predicted molar refractivity (Wildman–Crippen MR) is 55.9 cm³/mol. The van der Waals surface area contributed by atoms with Gasteiger partial charge in [-0.1, -0.05) is 23.9 Å². The summed E-state index contributed by atoms with van der Waals surface area (Å²) < 4.78 is 0.669. The third kappa shape index (κ3) is 0.896. The van der Waals surface area contributed by atoms with Crippen molar-refractivity contribution in [3.63, 3.8) is 0 Å². The zero-order valence-electron chi connectivity index (χ0n) is 6.56. The molecule has 1 fully saturated rings. The van der Waals surface area contributed by atoms with Crippen LogP contribution in [0, 0.1) is 0 Å². The van der Waals surface area contributed by atoms with E-state index in [2.05, 4.69) is 40.9 Å². The first-order valence-corrected chi connectivity index (χ1v) is 6.02. The Morgan fingerprint density at radius 3 is 3.25 bits per heavy atom. The number of anilines is 1.